The van der Waals surface area contributed by atoms with E-state index in [4.69, 9.17) is 0 Å². The Balaban J connectivity index is 1.62. The van der Waals surface area contributed by atoms with Crippen LogP contribution in [-0.4, -0.2) is 0 Å². The lowest BCUT2D eigenvalue weighted by Gasteiger charge is -2.23. The Labute approximate surface area is 163 Å². The van der Waals surface area contributed by atoms with Crippen LogP contribution in [-0.2, 0) is 5.41 Å². The molecular weight excluding hydrogens is 326 g/mol. The third kappa shape index (κ3) is 3.88. The van der Waals surface area contributed by atoms with Crippen molar-refractivity contribution >= 4 is 22.1 Å². The number of anilines is 2. The van der Waals surface area contributed by atoms with Crippen LogP contribution in [0.1, 0.15) is 69.9 Å². The van der Waals surface area contributed by atoms with Crippen molar-refractivity contribution in [3.8, 4) is 0 Å². The maximum atomic E-state index is 3.66. The first kappa shape index (κ1) is 18.1. The molecule has 140 valence electrons. The van der Waals surface area contributed by atoms with Crippen LogP contribution in [0.4, 0.5) is 11.4 Å². The summed E-state index contributed by atoms with van der Waals surface area (Å²) in [4.78, 5) is 0. The standard InChI is InChI=1S/C26H31N/c1-26(2,3)24-17-18-25(23-12-8-7-11-22(23)24)27-21-15-13-20(14-16-21)19-9-5-4-6-10-19/h7-8,11-19,27H,4-6,9-10H2,1-3H3. The van der Waals surface area contributed by atoms with Gasteiger partial charge in [-0.25, -0.2) is 0 Å². The van der Waals surface area contributed by atoms with E-state index in [-0.39, 0.29) is 5.41 Å². The quantitative estimate of drug-likeness (QED) is 0.502. The van der Waals surface area contributed by atoms with Gasteiger partial charge in [-0.3, -0.25) is 0 Å². The van der Waals surface area contributed by atoms with E-state index >= 15 is 0 Å². The van der Waals surface area contributed by atoms with Gasteiger partial charge in [-0.1, -0.05) is 82.5 Å². The molecule has 1 aliphatic rings. The smallest absolute Gasteiger partial charge is 0.0464 e. The summed E-state index contributed by atoms with van der Waals surface area (Å²) in [5.41, 5.74) is 5.40. The summed E-state index contributed by atoms with van der Waals surface area (Å²) in [5.74, 6) is 0.764. The fraction of sp³-hybridized carbons (Fsp3) is 0.385. The average molecular weight is 358 g/mol. The van der Waals surface area contributed by atoms with Crippen LogP contribution < -0.4 is 5.32 Å². The number of fused-ring (bicyclic) bond motifs is 1. The Morgan fingerprint density at radius 2 is 1.41 bits per heavy atom. The normalized spacial score (nSPS) is 15.8. The Morgan fingerprint density at radius 1 is 0.741 bits per heavy atom. The molecule has 0 radical (unpaired) electrons. The molecule has 1 aliphatic carbocycles. The van der Waals surface area contributed by atoms with Crippen molar-refractivity contribution in [3.63, 3.8) is 0 Å². The zero-order valence-corrected chi connectivity index (χ0v) is 16.9. The molecule has 0 saturated heterocycles. The summed E-state index contributed by atoms with van der Waals surface area (Å²) < 4.78 is 0. The van der Waals surface area contributed by atoms with E-state index in [9.17, 15) is 0 Å². The maximum Gasteiger partial charge on any atom is 0.0464 e. The maximum absolute atomic E-state index is 3.66. The largest absolute Gasteiger partial charge is 0.355 e. The number of benzene rings is 3. The Morgan fingerprint density at radius 3 is 2.07 bits per heavy atom. The van der Waals surface area contributed by atoms with Gasteiger partial charge in [0.05, 0.1) is 0 Å². The minimum atomic E-state index is 0.139. The molecular formula is C26H31N. The highest BCUT2D eigenvalue weighted by Crippen LogP contribution is 2.36. The second kappa shape index (κ2) is 7.38. The number of hydrogen-bond donors (Lipinski definition) is 1. The lowest BCUT2D eigenvalue weighted by Crippen LogP contribution is -2.11. The van der Waals surface area contributed by atoms with Crippen molar-refractivity contribution in [2.75, 3.05) is 5.32 Å². The second-order valence-electron chi connectivity index (χ2n) is 9.04. The van der Waals surface area contributed by atoms with Crippen molar-refractivity contribution < 1.29 is 0 Å². The van der Waals surface area contributed by atoms with Crippen LogP contribution in [0.3, 0.4) is 0 Å². The van der Waals surface area contributed by atoms with E-state index in [0.29, 0.717) is 0 Å². The zero-order valence-electron chi connectivity index (χ0n) is 16.9. The van der Waals surface area contributed by atoms with Gasteiger partial charge >= 0.3 is 0 Å². The van der Waals surface area contributed by atoms with Crippen molar-refractivity contribution in [1.29, 1.82) is 0 Å². The van der Waals surface area contributed by atoms with E-state index < -0.39 is 0 Å². The molecule has 27 heavy (non-hydrogen) atoms. The molecule has 1 fully saturated rings. The third-order valence-corrected chi connectivity index (χ3v) is 6.00. The highest BCUT2D eigenvalue weighted by atomic mass is 14.9. The van der Waals surface area contributed by atoms with Crippen LogP contribution in [0.2, 0.25) is 0 Å². The molecule has 0 bridgehead atoms. The third-order valence-electron chi connectivity index (χ3n) is 6.00. The lowest BCUT2D eigenvalue weighted by molar-refractivity contribution is 0.443. The van der Waals surface area contributed by atoms with E-state index in [1.807, 2.05) is 0 Å². The SMILES string of the molecule is CC(C)(C)c1ccc(Nc2ccc(C3CCCCC3)cc2)c2ccccc12. The molecule has 1 N–H and O–H groups in total. The van der Waals surface area contributed by atoms with Gasteiger partial charge < -0.3 is 5.32 Å². The number of nitrogens with one attached hydrogen (secondary N) is 1. The summed E-state index contributed by atoms with van der Waals surface area (Å²) in [6.45, 7) is 6.85. The molecule has 0 spiro atoms. The van der Waals surface area contributed by atoms with Crippen LogP contribution in [0.15, 0.2) is 60.7 Å². The average Bonchev–Trinajstić information content (AvgIpc) is 2.68. The highest BCUT2D eigenvalue weighted by Gasteiger charge is 2.18. The summed E-state index contributed by atoms with van der Waals surface area (Å²) in [7, 11) is 0. The first-order chi connectivity index (χ1) is 13.0. The van der Waals surface area contributed by atoms with Gasteiger partial charge in [-0.2, -0.15) is 0 Å². The van der Waals surface area contributed by atoms with Gasteiger partial charge in [0.25, 0.3) is 0 Å². The Hall–Kier alpha value is -2.28. The van der Waals surface area contributed by atoms with E-state index in [0.717, 1.165) is 5.92 Å². The van der Waals surface area contributed by atoms with Crippen molar-refractivity contribution in [1.82, 2.24) is 0 Å². The van der Waals surface area contributed by atoms with Crippen molar-refractivity contribution in [3.05, 3.63) is 71.8 Å². The number of hydrogen-bond acceptors (Lipinski definition) is 1. The molecule has 0 amide bonds. The fourth-order valence-electron chi connectivity index (χ4n) is 4.49. The van der Waals surface area contributed by atoms with Crippen molar-refractivity contribution in [2.24, 2.45) is 0 Å². The predicted molar refractivity (Wildman–Crippen MR) is 118 cm³/mol. The molecule has 1 nitrogen and oxygen atoms in total. The summed E-state index contributed by atoms with van der Waals surface area (Å²) in [5, 5.41) is 6.29. The molecule has 0 aromatic heterocycles. The van der Waals surface area contributed by atoms with Crippen molar-refractivity contribution in [2.45, 2.75) is 64.2 Å². The van der Waals surface area contributed by atoms with Crippen LogP contribution >= 0.6 is 0 Å². The molecule has 0 aliphatic heterocycles. The van der Waals surface area contributed by atoms with Gasteiger partial charge in [0, 0.05) is 16.8 Å². The van der Waals surface area contributed by atoms with E-state index in [1.165, 1.54) is 65.4 Å². The molecule has 0 unspecified atom stereocenters. The van der Waals surface area contributed by atoms with Crippen LogP contribution in [0.25, 0.3) is 10.8 Å². The summed E-state index contributed by atoms with van der Waals surface area (Å²) >= 11 is 0. The minimum absolute atomic E-state index is 0.139. The minimum Gasteiger partial charge on any atom is -0.355 e. The molecule has 1 heteroatoms. The molecule has 4 rings (SSSR count). The molecule has 1 saturated carbocycles. The van der Waals surface area contributed by atoms with Gasteiger partial charge in [-0.05, 0) is 58.9 Å². The second-order valence-corrected chi connectivity index (χ2v) is 9.04. The summed E-state index contributed by atoms with van der Waals surface area (Å²) in [6.07, 6.45) is 6.89. The Kier molecular flexibility index (Phi) is 4.95. The van der Waals surface area contributed by atoms with Gasteiger partial charge in [0.1, 0.15) is 0 Å². The van der Waals surface area contributed by atoms with Gasteiger partial charge in [0.15, 0.2) is 0 Å². The zero-order chi connectivity index (χ0) is 18.9. The predicted octanol–water partition coefficient (Wildman–Crippen LogP) is 7.93. The molecule has 0 heterocycles. The summed E-state index contributed by atoms with van der Waals surface area (Å²) in [6, 6.07) is 22.4. The first-order valence-electron chi connectivity index (χ1n) is 10.4. The van der Waals surface area contributed by atoms with Gasteiger partial charge in [0.2, 0.25) is 0 Å². The molecule has 3 aromatic rings. The van der Waals surface area contributed by atoms with E-state index in [2.05, 4.69) is 86.8 Å². The highest BCUT2D eigenvalue weighted by molar-refractivity contribution is 5.98. The lowest BCUT2D eigenvalue weighted by atomic mass is 9.83. The monoisotopic (exact) mass is 357 g/mol. The molecule has 0 atom stereocenters. The molecule has 3 aromatic carbocycles. The Bertz CT molecular complexity index is 909. The van der Waals surface area contributed by atoms with E-state index in [1.54, 1.807) is 0 Å². The van der Waals surface area contributed by atoms with Gasteiger partial charge in [-0.15, -0.1) is 0 Å². The topological polar surface area (TPSA) is 12.0 Å². The first-order valence-corrected chi connectivity index (χ1v) is 10.4. The fourth-order valence-corrected chi connectivity index (χ4v) is 4.49. The van der Waals surface area contributed by atoms with Crippen LogP contribution in [0.5, 0.6) is 0 Å². The van der Waals surface area contributed by atoms with Crippen LogP contribution in [0, 0.1) is 0 Å². The number of rotatable bonds is 3.